The second-order valence-corrected chi connectivity index (χ2v) is 9.37. The van der Waals surface area contributed by atoms with Crippen molar-refractivity contribution in [2.75, 3.05) is 51.4 Å². The van der Waals surface area contributed by atoms with Crippen LogP contribution in [0, 0.1) is 12.8 Å². The van der Waals surface area contributed by atoms with E-state index >= 15 is 0 Å². The van der Waals surface area contributed by atoms with Gasteiger partial charge in [0.25, 0.3) is 0 Å². The number of methoxy groups -OCH3 is 1. The maximum atomic E-state index is 13.5. The van der Waals surface area contributed by atoms with Crippen molar-refractivity contribution in [1.82, 2.24) is 9.88 Å². The van der Waals surface area contributed by atoms with Gasteiger partial charge in [-0.05, 0) is 37.8 Å². The number of carbonyl (C=O) groups is 1. The van der Waals surface area contributed by atoms with Gasteiger partial charge in [-0.2, -0.15) is 0 Å². The molecule has 6 nitrogen and oxygen atoms in total. The first kappa shape index (κ1) is 24.2. The number of anilines is 1. The van der Waals surface area contributed by atoms with E-state index in [0.717, 1.165) is 86.0 Å². The molecule has 172 valence electrons. The van der Waals surface area contributed by atoms with Crippen LogP contribution < -0.4 is 9.64 Å². The molecule has 2 fully saturated rings. The second-order valence-electron chi connectivity index (χ2n) is 8.39. The number of thiazole rings is 1. The number of hydrogen-bond acceptors (Lipinski definition) is 6. The number of aromatic nitrogens is 1. The number of carbonyl (C=O) groups excluding carboxylic acids is 1. The molecule has 1 aromatic heterocycles. The molecule has 2 heterocycles. The summed E-state index contributed by atoms with van der Waals surface area (Å²) in [6, 6.07) is 4.03. The second kappa shape index (κ2) is 11.5. The van der Waals surface area contributed by atoms with E-state index in [1.165, 1.54) is 12.0 Å². The largest absolute Gasteiger partial charge is 0.494 e. The van der Waals surface area contributed by atoms with Gasteiger partial charge in [0.15, 0.2) is 5.13 Å². The quantitative estimate of drug-likeness (QED) is 0.592. The fourth-order valence-electron chi connectivity index (χ4n) is 4.53. The Hall–Kier alpha value is -1.41. The van der Waals surface area contributed by atoms with Crippen LogP contribution >= 0.6 is 23.7 Å². The number of ether oxygens (including phenoxy) is 2. The van der Waals surface area contributed by atoms with Gasteiger partial charge in [0.05, 0.1) is 25.0 Å². The number of fused-ring (bicyclic) bond motifs is 1. The van der Waals surface area contributed by atoms with Gasteiger partial charge in [-0.15, -0.1) is 12.4 Å². The Morgan fingerprint density at radius 3 is 2.71 bits per heavy atom. The van der Waals surface area contributed by atoms with Crippen molar-refractivity contribution >= 4 is 45.0 Å². The number of hydrogen-bond donors (Lipinski definition) is 0. The molecule has 0 unspecified atom stereocenters. The smallest absolute Gasteiger partial charge is 0.231 e. The molecular formula is C23H34ClN3O3S. The summed E-state index contributed by atoms with van der Waals surface area (Å²) in [7, 11) is 1.68. The summed E-state index contributed by atoms with van der Waals surface area (Å²) in [5.41, 5.74) is 2.04. The van der Waals surface area contributed by atoms with E-state index in [4.69, 9.17) is 14.5 Å². The Balaban J connectivity index is 0.00000272. The summed E-state index contributed by atoms with van der Waals surface area (Å²) in [6.07, 6.45) is 6.52. The van der Waals surface area contributed by atoms with E-state index < -0.39 is 0 Å². The molecule has 1 amide bonds. The standard InChI is InChI=1S/C23H33N3O3S.ClH/c1-17-9-10-19(28-2)20-21(17)30-23(24-20)26(22(27)18-7-4-3-5-8-18)12-6-11-25-13-15-29-16-14-25;/h9-10,18H,3-8,11-16H2,1-2H3;1H. The highest BCUT2D eigenvalue weighted by Crippen LogP contribution is 2.37. The van der Waals surface area contributed by atoms with Crippen LogP contribution in [0.3, 0.4) is 0 Å². The molecule has 1 saturated carbocycles. The summed E-state index contributed by atoms with van der Waals surface area (Å²) in [5.74, 6) is 1.17. The number of morpholine rings is 1. The Labute approximate surface area is 195 Å². The molecule has 1 aromatic carbocycles. The predicted octanol–water partition coefficient (Wildman–Crippen LogP) is 4.67. The van der Waals surface area contributed by atoms with Crippen LogP contribution in [0.1, 0.15) is 44.1 Å². The molecule has 1 aliphatic carbocycles. The third kappa shape index (κ3) is 5.69. The summed E-state index contributed by atoms with van der Waals surface area (Å²) in [6.45, 7) is 7.37. The summed E-state index contributed by atoms with van der Waals surface area (Å²) < 4.78 is 12.1. The first-order valence-electron chi connectivity index (χ1n) is 11.2. The third-order valence-electron chi connectivity index (χ3n) is 6.32. The minimum Gasteiger partial charge on any atom is -0.494 e. The van der Waals surface area contributed by atoms with Crippen molar-refractivity contribution in [3.63, 3.8) is 0 Å². The molecule has 1 aliphatic heterocycles. The molecule has 0 radical (unpaired) electrons. The van der Waals surface area contributed by atoms with E-state index in [-0.39, 0.29) is 24.2 Å². The highest BCUT2D eigenvalue weighted by Gasteiger charge is 2.29. The van der Waals surface area contributed by atoms with Gasteiger partial charge in [0.1, 0.15) is 11.3 Å². The predicted molar refractivity (Wildman–Crippen MR) is 129 cm³/mol. The Kier molecular flexibility index (Phi) is 8.95. The zero-order valence-corrected chi connectivity index (χ0v) is 20.2. The number of amides is 1. The van der Waals surface area contributed by atoms with Crippen LogP contribution in [-0.2, 0) is 9.53 Å². The molecule has 8 heteroatoms. The lowest BCUT2D eigenvalue weighted by molar-refractivity contribution is -0.123. The Morgan fingerprint density at radius 1 is 1.26 bits per heavy atom. The summed E-state index contributed by atoms with van der Waals surface area (Å²) in [4.78, 5) is 22.8. The third-order valence-corrected chi connectivity index (χ3v) is 7.54. The lowest BCUT2D eigenvalue weighted by atomic mass is 9.88. The number of aryl methyl sites for hydroxylation is 1. The van der Waals surface area contributed by atoms with Gasteiger partial charge in [-0.3, -0.25) is 14.6 Å². The van der Waals surface area contributed by atoms with Gasteiger partial charge in [-0.1, -0.05) is 36.7 Å². The minimum absolute atomic E-state index is 0. The molecule has 0 bridgehead atoms. The highest BCUT2D eigenvalue weighted by atomic mass is 35.5. The Bertz CT molecular complexity index is 863. The van der Waals surface area contributed by atoms with Gasteiger partial charge in [-0.25, -0.2) is 4.98 Å². The van der Waals surface area contributed by atoms with Crippen LogP contribution in [0.15, 0.2) is 12.1 Å². The fourth-order valence-corrected chi connectivity index (χ4v) is 5.61. The number of benzene rings is 1. The van der Waals surface area contributed by atoms with Gasteiger partial charge < -0.3 is 9.47 Å². The van der Waals surface area contributed by atoms with Crippen LogP contribution in [-0.4, -0.2) is 62.3 Å². The number of nitrogens with zero attached hydrogens (tertiary/aromatic N) is 3. The normalized spacial score (nSPS) is 18.0. The van der Waals surface area contributed by atoms with Crippen molar-refractivity contribution in [2.45, 2.75) is 45.4 Å². The molecule has 2 aromatic rings. The van der Waals surface area contributed by atoms with Crippen molar-refractivity contribution in [1.29, 1.82) is 0 Å². The topological polar surface area (TPSA) is 54.9 Å². The highest BCUT2D eigenvalue weighted by molar-refractivity contribution is 7.22. The van der Waals surface area contributed by atoms with Crippen LogP contribution in [0.2, 0.25) is 0 Å². The molecule has 2 aliphatic rings. The fraction of sp³-hybridized carbons (Fsp3) is 0.652. The molecule has 0 atom stereocenters. The van der Waals surface area contributed by atoms with E-state index in [9.17, 15) is 4.79 Å². The lowest BCUT2D eigenvalue weighted by Gasteiger charge is -2.30. The first-order valence-corrected chi connectivity index (χ1v) is 12.0. The average Bonchev–Trinajstić information content (AvgIpc) is 3.24. The average molecular weight is 468 g/mol. The maximum absolute atomic E-state index is 13.5. The molecule has 31 heavy (non-hydrogen) atoms. The summed E-state index contributed by atoms with van der Waals surface area (Å²) in [5, 5.41) is 0.815. The zero-order valence-electron chi connectivity index (χ0n) is 18.6. The molecule has 0 spiro atoms. The van der Waals surface area contributed by atoms with E-state index in [1.54, 1.807) is 18.4 Å². The molecule has 1 saturated heterocycles. The monoisotopic (exact) mass is 467 g/mol. The number of halogens is 1. The van der Waals surface area contributed by atoms with Gasteiger partial charge in [0.2, 0.25) is 5.91 Å². The van der Waals surface area contributed by atoms with Crippen molar-refractivity contribution < 1.29 is 14.3 Å². The molecule has 4 rings (SSSR count). The van der Waals surface area contributed by atoms with E-state index in [2.05, 4.69) is 17.9 Å². The molecular weight excluding hydrogens is 434 g/mol. The van der Waals surface area contributed by atoms with Crippen molar-refractivity contribution in [3.8, 4) is 5.75 Å². The van der Waals surface area contributed by atoms with Crippen molar-refractivity contribution in [3.05, 3.63) is 17.7 Å². The van der Waals surface area contributed by atoms with Gasteiger partial charge in [0, 0.05) is 32.1 Å². The molecule has 0 N–H and O–H groups in total. The van der Waals surface area contributed by atoms with E-state index in [0.29, 0.717) is 6.54 Å². The van der Waals surface area contributed by atoms with E-state index in [1.807, 2.05) is 11.0 Å². The summed E-state index contributed by atoms with van der Waals surface area (Å²) >= 11 is 1.62. The Morgan fingerprint density at radius 2 is 2.00 bits per heavy atom. The minimum atomic E-state index is 0. The van der Waals surface area contributed by atoms with Gasteiger partial charge >= 0.3 is 0 Å². The van der Waals surface area contributed by atoms with Crippen LogP contribution in [0.5, 0.6) is 5.75 Å². The number of rotatable bonds is 7. The lowest BCUT2D eigenvalue weighted by Crippen LogP contribution is -2.41. The van der Waals surface area contributed by atoms with Crippen molar-refractivity contribution in [2.24, 2.45) is 5.92 Å². The SMILES string of the molecule is COc1ccc(C)c2sc(N(CCCN3CCOCC3)C(=O)C3CCCCC3)nc12.Cl. The first-order chi connectivity index (χ1) is 14.7. The maximum Gasteiger partial charge on any atom is 0.231 e. The van der Waals surface area contributed by atoms with Crippen LogP contribution in [0.25, 0.3) is 10.2 Å². The zero-order chi connectivity index (χ0) is 20.9. The van der Waals surface area contributed by atoms with Crippen LogP contribution in [0.4, 0.5) is 5.13 Å².